The Morgan fingerprint density at radius 1 is 1.54 bits per heavy atom. The molecular formula is C11H12ClN. The van der Waals surface area contributed by atoms with E-state index < -0.39 is 0 Å². The number of hydrogen-bond acceptors (Lipinski definition) is 1. The number of hydrogen-bond donors (Lipinski definition) is 0. The van der Waals surface area contributed by atoms with Crippen molar-refractivity contribution in [3.05, 3.63) is 28.0 Å². The van der Waals surface area contributed by atoms with Crippen LogP contribution < -0.4 is 0 Å². The first-order valence-electron chi connectivity index (χ1n) is 4.20. The van der Waals surface area contributed by atoms with Crippen molar-refractivity contribution in [3.63, 3.8) is 0 Å². The average molecular weight is 194 g/mol. The molecule has 2 heteroatoms. The summed E-state index contributed by atoms with van der Waals surface area (Å²) in [5, 5.41) is 0.428. The van der Waals surface area contributed by atoms with Crippen LogP contribution >= 0.6 is 11.6 Å². The molecule has 1 aromatic heterocycles. The standard InChI is InChI=1S/C11H12ClN/c1-5-9-6-8(4)10(7(2)3)13-11(9)12/h1,6-7H,2-4H3. The van der Waals surface area contributed by atoms with E-state index in [0.717, 1.165) is 11.3 Å². The quantitative estimate of drug-likeness (QED) is 0.493. The number of nitrogens with zero attached hydrogens (tertiary/aromatic N) is 1. The topological polar surface area (TPSA) is 12.9 Å². The minimum Gasteiger partial charge on any atom is -0.239 e. The van der Waals surface area contributed by atoms with Crippen LogP contribution in [-0.2, 0) is 0 Å². The van der Waals surface area contributed by atoms with E-state index in [9.17, 15) is 0 Å². The number of halogens is 1. The van der Waals surface area contributed by atoms with Crippen molar-refractivity contribution in [1.29, 1.82) is 0 Å². The van der Waals surface area contributed by atoms with Crippen LogP contribution in [0.25, 0.3) is 0 Å². The lowest BCUT2D eigenvalue weighted by atomic mass is 10.0. The molecule has 0 radical (unpaired) electrons. The van der Waals surface area contributed by atoms with Gasteiger partial charge in [-0.25, -0.2) is 4.98 Å². The Morgan fingerprint density at radius 3 is 2.62 bits per heavy atom. The molecule has 0 aliphatic rings. The van der Waals surface area contributed by atoms with Gasteiger partial charge in [0.2, 0.25) is 0 Å². The van der Waals surface area contributed by atoms with E-state index in [1.54, 1.807) is 0 Å². The Balaban J connectivity index is 3.31. The zero-order valence-corrected chi connectivity index (χ0v) is 8.81. The molecule has 0 amide bonds. The van der Waals surface area contributed by atoms with Crippen molar-refractivity contribution in [2.75, 3.05) is 0 Å². The molecule has 0 bridgehead atoms. The normalized spacial score (nSPS) is 10.2. The molecule has 1 heterocycles. The van der Waals surface area contributed by atoms with E-state index in [1.807, 2.05) is 13.0 Å². The van der Waals surface area contributed by atoms with Gasteiger partial charge in [0, 0.05) is 5.69 Å². The highest BCUT2D eigenvalue weighted by molar-refractivity contribution is 6.30. The summed E-state index contributed by atoms with van der Waals surface area (Å²) in [6.07, 6.45) is 5.27. The number of terminal acetylenes is 1. The van der Waals surface area contributed by atoms with Gasteiger partial charge in [0.15, 0.2) is 0 Å². The highest BCUT2D eigenvalue weighted by atomic mass is 35.5. The van der Waals surface area contributed by atoms with Crippen LogP contribution in [0.15, 0.2) is 6.07 Å². The first-order valence-corrected chi connectivity index (χ1v) is 4.57. The highest BCUT2D eigenvalue weighted by Gasteiger charge is 2.08. The molecular weight excluding hydrogens is 182 g/mol. The molecule has 0 spiro atoms. The van der Waals surface area contributed by atoms with E-state index in [0.29, 0.717) is 16.6 Å². The van der Waals surface area contributed by atoms with Crippen LogP contribution in [0.3, 0.4) is 0 Å². The number of pyridine rings is 1. The third kappa shape index (κ3) is 2.02. The smallest absolute Gasteiger partial charge is 0.144 e. The SMILES string of the molecule is C#Cc1cc(C)c(C(C)C)nc1Cl. The molecule has 68 valence electrons. The molecule has 0 fully saturated rings. The minimum absolute atomic E-state index is 0.379. The van der Waals surface area contributed by atoms with Crippen LogP contribution in [0.5, 0.6) is 0 Å². The highest BCUT2D eigenvalue weighted by Crippen LogP contribution is 2.21. The summed E-state index contributed by atoms with van der Waals surface area (Å²) in [4.78, 5) is 4.27. The minimum atomic E-state index is 0.379. The second-order valence-electron chi connectivity index (χ2n) is 3.33. The summed E-state index contributed by atoms with van der Waals surface area (Å²) in [6.45, 7) is 6.17. The predicted octanol–water partition coefficient (Wildman–Crippen LogP) is 3.15. The van der Waals surface area contributed by atoms with Gasteiger partial charge < -0.3 is 0 Å². The van der Waals surface area contributed by atoms with Crippen molar-refractivity contribution in [2.24, 2.45) is 0 Å². The molecule has 0 unspecified atom stereocenters. The fourth-order valence-electron chi connectivity index (χ4n) is 1.29. The van der Waals surface area contributed by atoms with Gasteiger partial charge in [-0.1, -0.05) is 31.4 Å². The van der Waals surface area contributed by atoms with Gasteiger partial charge in [0.05, 0.1) is 5.56 Å². The summed E-state index contributed by atoms with van der Waals surface area (Å²) < 4.78 is 0. The molecule has 0 saturated carbocycles. The lowest BCUT2D eigenvalue weighted by Gasteiger charge is -2.09. The molecule has 0 aromatic carbocycles. The summed E-state index contributed by atoms with van der Waals surface area (Å²) in [6, 6.07) is 1.91. The van der Waals surface area contributed by atoms with Gasteiger partial charge in [-0.15, -0.1) is 6.42 Å². The Labute approximate surface area is 84.1 Å². The number of aromatic nitrogens is 1. The maximum Gasteiger partial charge on any atom is 0.144 e. The van der Waals surface area contributed by atoms with Crippen molar-refractivity contribution in [3.8, 4) is 12.3 Å². The second-order valence-corrected chi connectivity index (χ2v) is 3.69. The van der Waals surface area contributed by atoms with Crippen molar-refractivity contribution < 1.29 is 0 Å². The molecule has 1 aromatic rings. The third-order valence-corrected chi connectivity index (χ3v) is 2.20. The summed E-state index contributed by atoms with van der Waals surface area (Å²) in [5.74, 6) is 2.89. The van der Waals surface area contributed by atoms with Gasteiger partial charge in [-0.05, 0) is 24.5 Å². The monoisotopic (exact) mass is 193 g/mol. The first kappa shape index (κ1) is 10.1. The fraction of sp³-hybridized carbons (Fsp3) is 0.364. The molecule has 0 N–H and O–H groups in total. The van der Waals surface area contributed by atoms with Gasteiger partial charge in [-0.3, -0.25) is 0 Å². The summed E-state index contributed by atoms with van der Waals surface area (Å²) in [5.41, 5.74) is 2.79. The van der Waals surface area contributed by atoms with Crippen LogP contribution in [0.4, 0.5) is 0 Å². The zero-order chi connectivity index (χ0) is 10.0. The Hall–Kier alpha value is -1.00. The van der Waals surface area contributed by atoms with Gasteiger partial charge in [-0.2, -0.15) is 0 Å². The lowest BCUT2D eigenvalue weighted by molar-refractivity contribution is 0.811. The maximum absolute atomic E-state index is 5.89. The first-order chi connectivity index (χ1) is 6.06. The van der Waals surface area contributed by atoms with Crippen LogP contribution in [-0.4, -0.2) is 4.98 Å². The van der Waals surface area contributed by atoms with Gasteiger partial charge in [0.1, 0.15) is 5.15 Å². The molecule has 0 atom stereocenters. The van der Waals surface area contributed by atoms with Crippen LogP contribution in [0.2, 0.25) is 5.15 Å². The van der Waals surface area contributed by atoms with Crippen molar-refractivity contribution >= 4 is 11.6 Å². The molecule has 1 rings (SSSR count). The Bertz CT molecular complexity index is 361. The number of rotatable bonds is 1. The summed E-state index contributed by atoms with van der Waals surface area (Å²) in [7, 11) is 0. The third-order valence-electron chi connectivity index (χ3n) is 1.91. The number of aryl methyl sites for hydroxylation is 1. The van der Waals surface area contributed by atoms with Gasteiger partial charge >= 0.3 is 0 Å². The predicted molar refractivity (Wildman–Crippen MR) is 56.0 cm³/mol. The fourth-order valence-corrected chi connectivity index (χ4v) is 1.49. The van der Waals surface area contributed by atoms with Crippen LogP contribution in [0.1, 0.15) is 36.6 Å². The second kappa shape index (κ2) is 3.81. The van der Waals surface area contributed by atoms with E-state index >= 15 is 0 Å². The van der Waals surface area contributed by atoms with Crippen molar-refractivity contribution in [1.82, 2.24) is 4.98 Å². The molecule has 0 saturated heterocycles. The Morgan fingerprint density at radius 2 is 2.15 bits per heavy atom. The molecule has 1 nitrogen and oxygen atoms in total. The zero-order valence-electron chi connectivity index (χ0n) is 8.06. The largest absolute Gasteiger partial charge is 0.239 e. The van der Waals surface area contributed by atoms with E-state index in [1.165, 1.54) is 0 Å². The Kier molecular flexibility index (Phi) is 2.95. The van der Waals surface area contributed by atoms with E-state index in [2.05, 4.69) is 24.8 Å². The molecule has 0 aliphatic carbocycles. The molecule has 13 heavy (non-hydrogen) atoms. The lowest BCUT2D eigenvalue weighted by Crippen LogP contribution is -1.98. The van der Waals surface area contributed by atoms with Gasteiger partial charge in [0.25, 0.3) is 0 Å². The average Bonchev–Trinajstić information content (AvgIpc) is 2.07. The van der Waals surface area contributed by atoms with E-state index in [4.69, 9.17) is 18.0 Å². The molecule has 0 aliphatic heterocycles. The summed E-state index contributed by atoms with van der Waals surface area (Å²) >= 11 is 5.89. The van der Waals surface area contributed by atoms with E-state index in [-0.39, 0.29) is 0 Å². The van der Waals surface area contributed by atoms with Crippen molar-refractivity contribution in [2.45, 2.75) is 26.7 Å². The maximum atomic E-state index is 5.89. The van der Waals surface area contributed by atoms with Crippen LogP contribution in [0, 0.1) is 19.3 Å².